The van der Waals surface area contributed by atoms with E-state index in [1.807, 2.05) is 17.5 Å². The van der Waals surface area contributed by atoms with Gasteiger partial charge in [-0.05, 0) is 24.4 Å². The Labute approximate surface area is 85.8 Å². The van der Waals surface area contributed by atoms with Crippen molar-refractivity contribution >= 4 is 22.1 Å². The van der Waals surface area contributed by atoms with E-state index in [-0.39, 0.29) is 0 Å². The van der Waals surface area contributed by atoms with Gasteiger partial charge in [0.25, 0.3) is 0 Å². The highest BCUT2D eigenvalue weighted by molar-refractivity contribution is 7.87. The summed E-state index contributed by atoms with van der Waals surface area (Å²) in [5.74, 6) is 0.723. The zero-order valence-electron chi connectivity index (χ0n) is 7.79. The third-order valence-corrected chi connectivity index (χ3v) is 4.28. The van der Waals surface area contributed by atoms with Crippen LogP contribution in [0.2, 0.25) is 0 Å². The average Bonchev–Trinajstić information content (AvgIpc) is 2.65. The van der Waals surface area contributed by atoms with Gasteiger partial charge < -0.3 is 5.32 Å². The SMILES string of the molecule is CCCNCCS(=O)c1cccs1. The number of nitrogens with one attached hydrogen (secondary N) is 1. The van der Waals surface area contributed by atoms with Crippen molar-refractivity contribution in [1.29, 1.82) is 0 Å². The van der Waals surface area contributed by atoms with Gasteiger partial charge in [-0.2, -0.15) is 0 Å². The minimum atomic E-state index is -0.800. The summed E-state index contributed by atoms with van der Waals surface area (Å²) in [6.07, 6.45) is 1.13. The van der Waals surface area contributed by atoms with Crippen molar-refractivity contribution < 1.29 is 4.21 Å². The fourth-order valence-corrected chi connectivity index (χ4v) is 3.02. The van der Waals surface area contributed by atoms with Gasteiger partial charge in [0.15, 0.2) is 0 Å². The molecule has 1 aromatic heterocycles. The van der Waals surface area contributed by atoms with Gasteiger partial charge in [-0.25, -0.2) is 0 Å². The minimum absolute atomic E-state index is 0.723. The normalized spacial score (nSPS) is 13.0. The van der Waals surface area contributed by atoms with Crippen LogP contribution in [0.4, 0.5) is 0 Å². The smallest absolute Gasteiger partial charge is 0.0911 e. The van der Waals surface area contributed by atoms with Gasteiger partial charge in [0, 0.05) is 12.3 Å². The Hall–Kier alpha value is -0.190. The molecule has 0 fully saturated rings. The number of thiophene rings is 1. The minimum Gasteiger partial charge on any atom is -0.316 e. The summed E-state index contributed by atoms with van der Waals surface area (Å²) in [5.41, 5.74) is 0. The molecule has 1 aromatic rings. The van der Waals surface area contributed by atoms with E-state index in [4.69, 9.17) is 0 Å². The van der Waals surface area contributed by atoms with Gasteiger partial charge >= 0.3 is 0 Å². The Bertz CT molecular complexity index is 246. The second-order valence-electron chi connectivity index (χ2n) is 2.73. The zero-order chi connectivity index (χ0) is 9.52. The van der Waals surface area contributed by atoms with Crippen molar-refractivity contribution in [3.63, 3.8) is 0 Å². The first kappa shape index (κ1) is 10.9. The van der Waals surface area contributed by atoms with Gasteiger partial charge in [-0.1, -0.05) is 13.0 Å². The van der Waals surface area contributed by atoms with Crippen LogP contribution in [0.3, 0.4) is 0 Å². The first-order chi connectivity index (χ1) is 6.34. The van der Waals surface area contributed by atoms with Crippen LogP contribution in [-0.2, 0) is 10.8 Å². The lowest BCUT2D eigenvalue weighted by molar-refractivity contribution is 0.671. The van der Waals surface area contributed by atoms with Gasteiger partial charge in [-0.3, -0.25) is 4.21 Å². The fraction of sp³-hybridized carbons (Fsp3) is 0.556. The molecule has 1 unspecified atom stereocenters. The Kier molecular flexibility index (Phi) is 5.27. The van der Waals surface area contributed by atoms with Crippen molar-refractivity contribution in [2.45, 2.75) is 17.6 Å². The van der Waals surface area contributed by atoms with Crippen molar-refractivity contribution in [3.8, 4) is 0 Å². The van der Waals surface area contributed by atoms with Crippen molar-refractivity contribution in [2.75, 3.05) is 18.8 Å². The molecular weight excluding hydrogens is 202 g/mol. The summed E-state index contributed by atoms with van der Waals surface area (Å²) < 4.78 is 12.5. The van der Waals surface area contributed by atoms with Gasteiger partial charge in [-0.15, -0.1) is 11.3 Å². The molecule has 74 valence electrons. The maximum atomic E-state index is 11.6. The average molecular weight is 217 g/mol. The molecule has 0 aliphatic heterocycles. The van der Waals surface area contributed by atoms with Crippen LogP contribution in [-0.4, -0.2) is 23.1 Å². The van der Waals surface area contributed by atoms with Crippen LogP contribution in [0.1, 0.15) is 13.3 Å². The first-order valence-corrected chi connectivity index (χ1v) is 6.67. The molecule has 0 aromatic carbocycles. The third kappa shape index (κ3) is 4.02. The summed E-state index contributed by atoms with van der Waals surface area (Å²) in [4.78, 5) is 0. The highest BCUT2D eigenvalue weighted by Crippen LogP contribution is 2.13. The molecule has 1 N–H and O–H groups in total. The molecule has 0 bridgehead atoms. The highest BCUT2D eigenvalue weighted by Gasteiger charge is 2.02. The Morgan fingerprint density at radius 3 is 3.00 bits per heavy atom. The topological polar surface area (TPSA) is 29.1 Å². The van der Waals surface area contributed by atoms with E-state index < -0.39 is 10.8 Å². The monoisotopic (exact) mass is 217 g/mol. The summed E-state index contributed by atoms with van der Waals surface area (Å²) in [7, 11) is -0.800. The van der Waals surface area contributed by atoms with Crippen molar-refractivity contribution in [3.05, 3.63) is 17.5 Å². The van der Waals surface area contributed by atoms with Gasteiger partial charge in [0.2, 0.25) is 0 Å². The fourth-order valence-electron chi connectivity index (χ4n) is 0.960. The molecule has 2 nitrogen and oxygen atoms in total. The first-order valence-electron chi connectivity index (χ1n) is 4.47. The maximum Gasteiger partial charge on any atom is 0.0911 e. The van der Waals surface area contributed by atoms with Gasteiger partial charge in [0.05, 0.1) is 15.0 Å². The molecule has 4 heteroatoms. The van der Waals surface area contributed by atoms with Crippen LogP contribution in [0.15, 0.2) is 21.7 Å². The van der Waals surface area contributed by atoms with Crippen LogP contribution in [0, 0.1) is 0 Å². The zero-order valence-corrected chi connectivity index (χ0v) is 9.42. The Morgan fingerprint density at radius 2 is 2.38 bits per heavy atom. The van der Waals surface area contributed by atoms with E-state index in [1.165, 1.54) is 0 Å². The molecule has 0 aliphatic rings. The number of hydrogen-bond donors (Lipinski definition) is 1. The standard InChI is InChI=1S/C9H15NOS2/c1-2-5-10-6-8-13(11)9-4-3-7-12-9/h3-4,7,10H,2,5-6,8H2,1H3. The Morgan fingerprint density at radius 1 is 1.54 bits per heavy atom. The van der Waals surface area contributed by atoms with Crippen molar-refractivity contribution in [1.82, 2.24) is 5.32 Å². The lowest BCUT2D eigenvalue weighted by atomic mass is 10.5. The molecule has 0 saturated heterocycles. The van der Waals surface area contributed by atoms with Crippen LogP contribution >= 0.6 is 11.3 Å². The molecule has 1 atom stereocenters. The second-order valence-corrected chi connectivity index (χ2v) is 5.48. The molecule has 1 heterocycles. The Balaban J connectivity index is 2.19. The van der Waals surface area contributed by atoms with E-state index in [0.717, 1.165) is 29.5 Å². The van der Waals surface area contributed by atoms with Crippen LogP contribution < -0.4 is 5.32 Å². The predicted molar refractivity (Wildman–Crippen MR) is 58.8 cm³/mol. The van der Waals surface area contributed by atoms with E-state index in [0.29, 0.717) is 0 Å². The van der Waals surface area contributed by atoms with Crippen LogP contribution in [0.5, 0.6) is 0 Å². The van der Waals surface area contributed by atoms with E-state index in [9.17, 15) is 4.21 Å². The van der Waals surface area contributed by atoms with Gasteiger partial charge in [0.1, 0.15) is 0 Å². The molecule has 13 heavy (non-hydrogen) atoms. The maximum absolute atomic E-state index is 11.6. The summed E-state index contributed by atoms with van der Waals surface area (Å²) >= 11 is 1.57. The molecule has 0 amide bonds. The lowest BCUT2D eigenvalue weighted by Gasteiger charge is -2.01. The largest absolute Gasteiger partial charge is 0.316 e. The predicted octanol–water partition coefficient (Wildman–Crippen LogP) is 1.86. The highest BCUT2D eigenvalue weighted by atomic mass is 32.2. The molecule has 0 radical (unpaired) electrons. The van der Waals surface area contributed by atoms with Crippen LogP contribution in [0.25, 0.3) is 0 Å². The third-order valence-electron chi connectivity index (χ3n) is 1.61. The number of hydrogen-bond acceptors (Lipinski definition) is 3. The molecule has 1 rings (SSSR count). The molecular formula is C9H15NOS2. The van der Waals surface area contributed by atoms with E-state index in [2.05, 4.69) is 12.2 Å². The summed E-state index contributed by atoms with van der Waals surface area (Å²) in [6, 6.07) is 3.87. The second kappa shape index (κ2) is 6.29. The molecule has 0 aliphatic carbocycles. The van der Waals surface area contributed by atoms with E-state index in [1.54, 1.807) is 11.3 Å². The van der Waals surface area contributed by atoms with Crippen molar-refractivity contribution in [2.24, 2.45) is 0 Å². The summed E-state index contributed by atoms with van der Waals surface area (Å²) in [6.45, 7) is 3.99. The van der Waals surface area contributed by atoms with E-state index >= 15 is 0 Å². The quantitative estimate of drug-likeness (QED) is 0.737. The molecule has 0 spiro atoms. The lowest BCUT2D eigenvalue weighted by Crippen LogP contribution is -2.20. The number of rotatable bonds is 6. The molecule has 0 saturated carbocycles. The summed E-state index contributed by atoms with van der Waals surface area (Å²) in [5, 5.41) is 5.20.